The van der Waals surface area contributed by atoms with Gasteiger partial charge >= 0.3 is 0 Å². The Bertz CT molecular complexity index is 3600. The number of fused-ring (bicyclic) bond motifs is 12. The van der Waals surface area contributed by atoms with Gasteiger partial charge in [0.25, 0.3) is 0 Å². The van der Waals surface area contributed by atoms with Crippen LogP contribution >= 0.6 is 11.3 Å². The van der Waals surface area contributed by atoms with Crippen LogP contribution in [0.4, 0.5) is 17.1 Å². The summed E-state index contributed by atoms with van der Waals surface area (Å²) in [5.74, 6) is 0. The molecule has 13 rings (SSSR count). The first kappa shape index (κ1) is 41.0. The Balaban J connectivity index is 1.11. The molecule has 1 nitrogen and oxygen atoms in total. The van der Waals surface area contributed by atoms with Crippen molar-refractivity contribution in [3.8, 4) is 11.1 Å². The standard InChI is InChI=1S/C66H53NS/c1-44-22-7-6-20-41-65(56-32-17-18-33-57(56)66(44,45-23-8-4-9-24-45)46-25-10-5-11-26-46)55-31-16-13-28-50(55)52-40-38-48(43-59(52)65)67(60-34-21-36-62-63(60)53-29-14-19-35-61(53)68-62)47-37-39-51-49-27-12-15-30-54(49)64(2,3)58(51)42-47/h4-10,13-25,28-40,42-43H,1,11-12,26-27,41H2,2-3H3/b20-6-,22-7-. The molecule has 2 unspecified atom stereocenters. The molecule has 1 heterocycles. The molecule has 8 aromatic rings. The zero-order valence-corrected chi connectivity index (χ0v) is 39.6. The number of anilines is 3. The number of benzene rings is 7. The van der Waals surface area contributed by atoms with Crippen molar-refractivity contribution < 1.29 is 0 Å². The minimum atomic E-state index is -0.603. The molecule has 2 heteroatoms. The van der Waals surface area contributed by atoms with Crippen molar-refractivity contribution >= 4 is 54.1 Å². The Morgan fingerprint density at radius 2 is 1.25 bits per heavy atom. The topological polar surface area (TPSA) is 3.24 Å². The van der Waals surface area contributed by atoms with Gasteiger partial charge in [0.2, 0.25) is 0 Å². The average molecular weight is 892 g/mol. The number of thiophene rings is 1. The first-order valence-corrected chi connectivity index (χ1v) is 25.3. The van der Waals surface area contributed by atoms with Crippen LogP contribution in [0.5, 0.6) is 0 Å². The highest BCUT2D eigenvalue weighted by Gasteiger charge is 2.50. The van der Waals surface area contributed by atoms with Gasteiger partial charge in [-0.1, -0.05) is 196 Å². The molecule has 0 bridgehead atoms. The molecule has 5 aliphatic rings. The molecule has 0 saturated carbocycles. The molecule has 1 aromatic heterocycles. The van der Waals surface area contributed by atoms with Crippen molar-refractivity contribution in [1.29, 1.82) is 0 Å². The van der Waals surface area contributed by atoms with E-state index in [1.807, 2.05) is 11.3 Å². The third-order valence-electron chi connectivity index (χ3n) is 16.1. The number of allylic oxidation sites excluding steroid dienone is 13. The second kappa shape index (κ2) is 15.7. The van der Waals surface area contributed by atoms with Crippen molar-refractivity contribution in [2.45, 2.75) is 62.2 Å². The predicted molar refractivity (Wildman–Crippen MR) is 290 cm³/mol. The molecule has 5 aliphatic carbocycles. The van der Waals surface area contributed by atoms with E-state index >= 15 is 0 Å². The summed E-state index contributed by atoms with van der Waals surface area (Å²) in [6.07, 6.45) is 25.8. The van der Waals surface area contributed by atoms with Crippen LogP contribution in [0.25, 0.3) is 36.9 Å². The van der Waals surface area contributed by atoms with E-state index in [2.05, 4.69) is 231 Å². The maximum absolute atomic E-state index is 5.00. The maximum atomic E-state index is 5.00. The van der Waals surface area contributed by atoms with Gasteiger partial charge < -0.3 is 4.90 Å². The highest BCUT2D eigenvalue weighted by atomic mass is 32.1. The van der Waals surface area contributed by atoms with Crippen molar-refractivity contribution in [1.82, 2.24) is 0 Å². The Morgan fingerprint density at radius 1 is 0.544 bits per heavy atom. The van der Waals surface area contributed by atoms with Gasteiger partial charge in [0.1, 0.15) is 0 Å². The molecule has 0 amide bonds. The lowest BCUT2D eigenvalue weighted by Crippen LogP contribution is -2.38. The van der Waals surface area contributed by atoms with Crippen LogP contribution in [0.2, 0.25) is 0 Å². The van der Waals surface area contributed by atoms with Crippen molar-refractivity contribution in [3.05, 3.63) is 275 Å². The predicted octanol–water partition coefficient (Wildman–Crippen LogP) is 17.9. The Hall–Kier alpha value is -7.26. The summed E-state index contributed by atoms with van der Waals surface area (Å²) in [7, 11) is 0. The number of hydrogen-bond acceptors (Lipinski definition) is 2. The van der Waals surface area contributed by atoms with Crippen LogP contribution in [0.1, 0.15) is 84.9 Å². The normalized spacial score (nSPS) is 21.8. The van der Waals surface area contributed by atoms with Crippen LogP contribution in [0.15, 0.2) is 236 Å². The fourth-order valence-electron chi connectivity index (χ4n) is 13.1. The largest absolute Gasteiger partial charge is 0.310 e. The lowest BCUT2D eigenvalue weighted by Gasteiger charge is -2.44. The van der Waals surface area contributed by atoms with Crippen molar-refractivity contribution in [2.75, 3.05) is 4.90 Å². The second-order valence-electron chi connectivity index (χ2n) is 19.8. The highest BCUT2D eigenvalue weighted by molar-refractivity contribution is 7.26. The zero-order chi connectivity index (χ0) is 45.6. The molecule has 0 saturated heterocycles. The minimum absolute atomic E-state index is 0.104. The fourth-order valence-corrected chi connectivity index (χ4v) is 14.2. The molecule has 68 heavy (non-hydrogen) atoms. The van der Waals surface area contributed by atoms with E-state index in [4.69, 9.17) is 6.58 Å². The smallest absolute Gasteiger partial charge is 0.0662 e. The summed E-state index contributed by atoms with van der Waals surface area (Å²) in [5, 5.41) is 2.59. The summed E-state index contributed by atoms with van der Waals surface area (Å²) in [4.78, 5) is 2.59. The van der Waals surface area contributed by atoms with E-state index < -0.39 is 10.8 Å². The van der Waals surface area contributed by atoms with Crippen LogP contribution in [0, 0.1) is 0 Å². The van der Waals surface area contributed by atoms with E-state index in [1.165, 1.54) is 98.3 Å². The van der Waals surface area contributed by atoms with Crippen molar-refractivity contribution in [3.63, 3.8) is 0 Å². The number of hydrogen-bond donors (Lipinski definition) is 0. The Morgan fingerprint density at radius 3 is 2.09 bits per heavy atom. The van der Waals surface area contributed by atoms with Crippen LogP contribution < -0.4 is 4.90 Å². The summed E-state index contributed by atoms with van der Waals surface area (Å²) in [6.45, 7) is 9.85. The molecule has 0 fully saturated rings. The van der Waals surface area contributed by atoms with Crippen LogP contribution in [-0.4, -0.2) is 0 Å². The monoisotopic (exact) mass is 891 g/mol. The third kappa shape index (κ3) is 5.80. The lowest BCUT2D eigenvalue weighted by molar-refractivity contribution is 0.601. The maximum Gasteiger partial charge on any atom is 0.0662 e. The molecule has 7 aromatic carbocycles. The van der Waals surface area contributed by atoms with Gasteiger partial charge in [-0.15, -0.1) is 11.3 Å². The van der Waals surface area contributed by atoms with E-state index in [0.29, 0.717) is 0 Å². The average Bonchev–Trinajstić information content (AvgIpc) is 3.99. The van der Waals surface area contributed by atoms with Gasteiger partial charge in [-0.05, 0) is 141 Å². The first-order valence-electron chi connectivity index (χ1n) is 24.4. The van der Waals surface area contributed by atoms with Gasteiger partial charge in [-0.3, -0.25) is 0 Å². The Kier molecular flexibility index (Phi) is 9.43. The quantitative estimate of drug-likeness (QED) is 0.166. The molecule has 328 valence electrons. The summed E-state index contributed by atoms with van der Waals surface area (Å²) >= 11 is 1.89. The van der Waals surface area contributed by atoms with E-state index in [-0.39, 0.29) is 5.41 Å². The third-order valence-corrected chi connectivity index (χ3v) is 17.2. The fraction of sp³-hybridized carbons (Fsp3) is 0.152. The van der Waals surface area contributed by atoms with Gasteiger partial charge in [0, 0.05) is 37.0 Å². The lowest BCUT2D eigenvalue weighted by atomic mass is 9.57. The Labute approximate surface area is 404 Å². The highest BCUT2D eigenvalue weighted by Crippen LogP contribution is 2.61. The van der Waals surface area contributed by atoms with Crippen LogP contribution in [0.3, 0.4) is 0 Å². The minimum Gasteiger partial charge on any atom is -0.310 e. The first-order chi connectivity index (χ1) is 33.4. The van der Waals surface area contributed by atoms with E-state index in [1.54, 1.807) is 0 Å². The van der Waals surface area contributed by atoms with Crippen LogP contribution in [-0.2, 0) is 16.2 Å². The van der Waals surface area contributed by atoms with Gasteiger partial charge in [-0.25, -0.2) is 0 Å². The number of nitrogens with zero attached hydrogens (tertiary/aromatic N) is 1. The van der Waals surface area contributed by atoms with E-state index in [9.17, 15) is 0 Å². The molecule has 1 spiro atoms. The molecule has 0 radical (unpaired) electrons. The van der Waals surface area contributed by atoms with Crippen molar-refractivity contribution in [2.24, 2.45) is 0 Å². The molecular weight excluding hydrogens is 839 g/mol. The summed E-state index contributed by atoms with van der Waals surface area (Å²) in [6, 6.07) is 60.4. The second-order valence-corrected chi connectivity index (χ2v) is 20.9. The molecular formula is C66H53NS. The molecule has 2 atom stereocenters. The van der Waals surface area contributed by atoms with Gasteiger partial charge in [0.15, 0.2) is 0 Å². The zero-order valence-electron chi connectivity index (χ0n) is 38.8. The summed E-state index contributed by atoms with van der Waals surface area (Å²) in [5.41, 5.74) is 19.7. The SMILES string of the molecule is C=C1/C=C\C=C/CC2(c3ccccc3-c3ccc(N(c4ccc5c(c4)C(C)(C)C4=C5CCC=C4)c4cccc5sc6ccccc6c45)cc32)c2ccccc2C1(C1=CC=CCC1)c1ccccc1. The summed E-state index contributed by atoms with van der Waals surface area (Å²) < 4.78 is 2.61. The van der Waals surface area contributed by atoms with Gasteiger partial charge in [-0.2, -0.15) is 0 Å². The number of rotatable bonds is 5. The molecule has 0 aliphatic heterocycles. The molecule has 0 N–H and O–H groups in total. The van der Waals surface area contributed by atoms with E-state index in [0.717, 1.165) is 43.4 Å². The van der Waals surface area contributed by atoms with Gasteiger partial charge in [0.05, 0.1) is 16.5 Å².